The van der Waals surface area contributed by atoms with Crippen molar-refractivity contribution in [3.8, 4) is 11.3 Å². The molecule has 3 heterocycles. The van der Waals surface area contributed by atoms with Crippen molar-refractivity contribution >= 4 is 17.7 Å². The molecule has 1 atom stereocenters. The van der Waals surface area contributed by atoms with Gasteiger partial charge in [-0.05, 0) is 43.7 Å². The molecular formula is C28H38F5N7O2. The minimum Gasteiger partial charge on any atom is -0.456 e. The lowest BCUT2D eigenvalue weighted by Gasteiger charge is -2.34. The summed E-state index contributed by atoms with van der Waals surface area (Å²) < 4.78 is 68.8. The highest BCUT2D eigenvalue weighted by Gasteiger charge is 2.42. The molecule has 2 aromatic heterocycles. The lowest BCUT2D eigenvalue weighted by molar-refractivity contribution is -0.206. The van der Waals surface area contributed by atoms with Crippen molar-refractivity contribution in [2.45, 2.75) is 70.1 Å². The van der Waals surface area contributed by atoms with E-state index in [1.807, 2.05) is 12.1 Å². The second-order valence-electron chi connectivity index (χ2n) is 10.7. The topological polar surface area (TPSA) is 95.5 Å². The molecule has 42 heavy (non-hydrogen) atoms. The van der Waals surface area contributed by atoms with Crippen molar-refractivity contribution in [3.05, 3.63) is 30.1 Å². The molecule has 2 aromatic rings. The molecule has 0 unspecified atom stereocenters. The standard InChI is InChI=1S/C28H38F5N7O2/c1-2-20(30)16-35-27-36-17-23(24-8-3-19(15-34-24)18-40-13-11-39(10-9-29)12-14-40)25(38-27)37-21-4-6-22(7-5-21)42-26(41)28(31,32)33/h3,8,15,17,20-22H,2,4-7,9-14,16,18H2,1H3,(H2,35,36,37,38)/t20-,21?,22?/m0/s1. The molecule has 1 aliphatic carbocycles. The van der Waals surface area contributed by atoms with Crippen molar-refractivity contribution in [2.24, 2.45) is 0 Å². The zero-order chi connectivity index (χ0) is 30.1. The number of esters is 1. The lowest BCUT2D eigenvalue weighted by Crippen LogP contribution is -2.46. The Morgan fingerprint density at radius 2 is 1.79 bits per heavy atom. The fourth-order valence-electron chi connectivity index (χ4n) is 5.07. The average Bonchev–Trinajstić information content (AvgIpc) is 2.98. The first-order valence-electron chi connectivity index (χ1n) is 14.4. The van der Waals surface area contributed by atoms with Crippen LogP contribution in [0.3, 0.4) is 0 Å². The highest BCUT2D eigenvalue weighted by atomic mass is 19.4. The molecule has 0 amide bonds. The van der Waals surface area contributed by atoms with Crippen LogP contribution in [-0.4, -0.2) is 101 Å². The number of carbonyl (C=O) groups excluding carboxylic acids is 1. The smallest absolute Gasteiger partial charge is 0.456 e. The molecule has 0 bridgehead atoms. The van der Waals surface area contributed by atoms with Gasteiger partial charge in [-0.15, -0.1) is 0 Å². The van der Waals surface area contributed by atoms with Crippen LogP contribution in [0.2, 0.25) is 0 Å². The van der Waals surface area contributed by atoms with E-state index in [2.05, 4.69) is 40.1 Å². The molecule has 14 heteroatoms. The Morgan fingerprint density at radius 1 is 1.07 bits per heavy atom. The van der Waals surface area contributed by atoms with Crippen molar-refractivity contribution in [1.29, 1.82) is 0 Å². The molecule has 0 spiro atoms. The number of anilines is 2. The molecule has 2 fully saturated rings. The summed E-state index contributed by atoms with van der Waals surface area (Å²) >= 11 is 0. The SMILES string of the molecule is CC[C@H](F)CNc1ncc(-c2ccc(CN3CCN(CCF)CC3)cn2)c(NC2CCC(OC(=O)C(F)(F)F)CC2)n1. The number of alkyl halides is 5. The summed E-state index contributed by atoms with van der Waals surface area (Å²) in [6.45, 7) is 6.03. The van der Waals surface area contributed by atoms with Gasteiger partial charge in [-0.3, -0.25) is 14.8 Å². The van der Waals surface area contributed by atoms with Crippen LogP contribution in [0.5, 0.6) is 0 Å². The summed E-state index contributed by atoms with van der Waals surface area (Å²) in [6, 6.07) is 3.74. The summed E-state index contributed by atoms with van der Waals surface area (Å²) in [7, 11) is 0. The van der Waals surface area contributed by atoms with E-state index in [4.69, 9.17) is 0 Å². The van der Waals surface area contributed by atoms with Gasteiger partial charge in [-0.25, -0.2) is 18.6 Å². The van der Waals surface area contributed by atoms with Crippen LogP contribution in [0.1, 0.15) is 44.6 Å². The quantitative estimate of drug-likeness (QED) is 0.268. The third-order valence-electron chi connectivity index (χ3n) is 7.61. The average molecular weight is 600 g/mol. The van der Waals surface area contributed by atoms with Crippen LogP contribution in [0.15, 0.2) is 24.5 Å². The predicted octanol–water partition coefficient (Wildman–Crippen LogP) is 4.61. The van der Waals surface area contributed by atoms with Gasteiger partial charge in [0, 0.05) is 64.2 Å². The van der Waals surface area contributed by atoms with Crippen molar-refractivity contribution in [2.75, 3.05) is 56.6 Å². The first-order valence-corrected chi connectivity index (χ1v) is 14.4. The Balaban J connectivity index is 1.42. The minimum absolute atomic E-state index is 0.0555. The molecule has 0 aromatic carbocycles. The number of pyridine rings is 1. The van der Waals surface area contributed by atoms with Gasteiger partial charge in [0.05, 0.1) is 11.3 Å². The molecule has 4 rings (SSSR count). The summed E-state index contributed by atoms with van der Waals surface area (Å²) in [5, 5.41) is 6.27. The highest BCUT2D eigenvalue weighted by Crippen LogP contribution is 2.31. The maximum absolute atomic E-state index is 13.8. The van der Waals surface area contributed by atoms with Crippen LogP contribution in [0, 0.1) is 0 Å². The summed E-state index contributed by atoms with van der Waals surface area (Å²) in [5.41, 5.74) is 2.29. The number of hydrogen-bond donors (Lipinski definition) is 2. The van der Waals surface area contributed by atoms with Gasteiger partial charge in [0.25, 0.3) is 0 Å². The van der Waals surface area contributed by atoms with E-state index < -0.39 is 24.4 Å². The molecule has 2 aliphatic rings. The fourth-order valence-corrected chi connectivity index (χ4v) is 5.07. The maximum Gasteiger partial charge on any atom is 0.490 e. The Labute approximate surface area is 242 Å². The minimum atomic E-state index is -5.02. The number of halogens is 5. The van der Waals surface area contributed by atoms with E-state index >= 15 is 0 Å². The Hall–Kier alpha value is -3.13. The Morgan fingerprint density at radius 3 is 2.40 bits per heavy atom. The highest BCUT2D eigenvalue weighted by molar-refractivity contribution is 5.76. The van der Waals surface area contributed by atoms with Crippen LogP contribution in [-0.2, 0) is 16.1 Å². The Kier molecular flexibility index (Phi) is 11.2. The van der Waals surface area contributed by atoms with Crippen LogP contribution < -0.4 is 10.6 Å². The van der Waals surface area contributed by atoms with E-state index in [0.29, 0.717) is 42.9 Å². The van der Waals surface area contributed by atoms with Gasteiger partial charge in [-0.1, -0.05) is 13.0 Å². The van der Waals surface area contributed by atoms with E-state index in [1.54, 1.807) is 19.3 Å². The van der Waals surface area contributed by atoms with Crippen molar-refractivity contribution in [1.82, 2.24) is 24.8 Å². The molecular weight excluding hydrogens is 561 g/mol. The number of nitrogens with zero attached hydrogens (tertiary/aromatic N) is 5. The summed E-state index contributed by atoms with van der Waals surface area (Å²) in [5.74, 6) is -1.45. The number of aromatic nitrogens is 3. The fraction of sp³-hybridized carbons (Fsp3) is 0.643. The van der Waals surface area contributed by atoms with Gasteiger partial charge in [0.15, 0.2) is 0 Å². The number of rotatable bonds is 12. The van der Waals surface area contributed by atoms with E-state index in [-0.39, 0.29) is 38.1 Å². The monoisotopic (exact) mass is 599 g/mol. The molecule has 232 valence electrons. The van der Waals surface area contributed by atoms with Crippen molar-refractivity contribution in [3.63, 3.8) is 0 Å². The number of ether oxygens (including phenoxy) is 1. The van der Waals surface area contributed by atoms with Crippen LogP contribution in [0.4, 0.5) is 33.7 Å². The number of carbonyl (C=O) groups is 1. The van der Waals surface area contributed by atoms with Crippen molar-refractivity contribution < 1.29 is 31.5 Å². The van der Waals surface area contributed by atoms with Gasteiger partial charge < -0.3 is 15.4 Å². The zero-order valence-corrected chi connectivity index (χ0v) is 23.7. The van der Waals surface area contributed by atoms with Gasteiger partial charge in [0.1, 0.15) is 24.8 Å². The number of nitrogens with one attached hydrogen (secondary N) is 2. The zero-order valence-electron chi connectivity index (χ0n) is 23.7. The first kappa shape index (κ1) is 31.8. The molecule has 9 nitrogen and oxygen atoms in total. The number of hydrogen-bond acceptors (Lipinski definition) is 9. The van der Waals surface area contributed by atoms with Crippen LogP contribution in [0.25, 0.3) is 11.3 Å². The van der Waals surface area contributed by atoms with Crippen LogP contribution >= 0.6 is 0 Å². The van der Waals surface area contributed by atoms with Gasteiger partial charge in [-0.2, -0.15) is 18.2 Å². The second kappa shape index (κ2) is 14.9. The normalized spacial score (nSPS) is 21.1. The molecule has 1 aliphatic heterocycles. The summed E-state index contributed by atoms with van der Waals surface area (Å²) in [6.07, 6.45) is -1.62. The Bertz CT molecular complexity index is 1140. The predicted molar refractivity (Wildman–Crippen MR) is 148 cm³/mol. The molecule has 1 saturated carbocycles. The van der Waals surface area contributed by atoms with Gasteiger partial charge >= 0.3 is 12.1 Å². The van der Waals surface area contributed by atoms with E-state index in [0.717, 1.165) is 38.3 Å². The molecule has 0 radical (unpaired) electrons. The van der Waals surface area contributed by atoms with E-state index in [1.165, 1.54) is 0 Å². The lowest BCUT2D eigenvalue weighted by atomic mass is 9.92. The second-order valence-corrected chi connectivity index (χ2v) is 10.7. The molecule has 1 saturated heterocycles. The summed E-state index contributed by atoms with van der Waals surface area (Å²) in [4.78, 5) is 29.2. The largest absolute Gasteiger partial charge is 0.490 e. The third kappa shape index (κ3) is 9.18. The maximum atomic E-state index is 13.8. The van der Waals surface area contributed by atoms with E-state index in [9.17, 15) is 26.7 Å². The molecule has 2 N–H and O–H groups in total. The number of piperazine rings is 1. The third-order valence-corrected chi connectivity index (χ3v) is 7.61. The van der Waals surface area contributed by atoms with Gasteiger partial charge in [0.2, 0.25) is 5.95 Å². The first-order chi connectivity index (χ1) is 20.1.